The van der Waals surface area contributed by atoms with Crippen LogP contribution in [-0.2, 0) is 25.7 Å². The number of halogens is 1. The van der Waals surface area contributed by atoms with Gasteiger partial charge in [-0.05, 0) is 98.9 Å². The van der Waals surface area contributed by atoms with Gasteiger partial charge in [0.05, 0.1) is 41.0 Å². The quantitative estimate of drug-likeness (QED) is 0.0508. The van der Waals surface area contributed by atoms with Crippen LogP contribution < -0.4 is 31.3 Å². The van der Waals surface area contributed by atoms with E-state index in [-0.39, 0.29) is 61.8 Å². The average Bonchev–Trinajstić information content (AvgIpc) is 3.77. The van der Waals surface area contributed by atoms with Crippen LogP contribution in [0.2, 0.25) is 0 Å². The van der Waals surface area contributed by atoms with E-state index in [1.807, 2.05) is 54.1 Å². The number of likely N-dealkylation sites (N-methyl/N-ethyl adjacent to an activating group) is 1. The van der Waals surface area contributed by atoms with Crippen LogP contribution >= 0.6 is 11.3 Å². The number of thiazole rings is 1. The van der Waals surface area contributed by atoms with Crippen molar-refractivity contribution in [1.82, 2.24) is 45.2 Å². The van der Waals surface area contributed by atoms with E-state index in [0.717, 1.165) is 91.7 Å². The topological polar surface area (TPSA) is 249 Å². The Morgan fingerprint density at radius 2 is 1.68 bits per heavy atom. The normalized spacial score (nSPS) is 20.6. The highest BCUT2D eigenvalue weighted by atomic mass is 32.1. The number of β-amino-alcohol motifs (C(OH)–C–C–N with tert-alkyl or cyclic N) is 1. The van der Waals surface area contributed by atoms with Crippen LogP contribution in [-0.4, -0.2) is 165 Å². The molecule has 0 bridgehead atoms. The fourth-order valence-electron chi connectivity index (χ4n) is 11.5. The number of aliphatic hydroxyl groups excluding tert-OH is 1. The Bertz CT molecular complexity index is 2920. The Morgan fingerprint density at radius 3 is 2.36 bits per heavy atom. The van der Waals surface area contributed by atoms with E-state index in [0.29, 0.717) is 63.2 Å². The zero-order valence-electron chi connectivity index (χ0n) is 47.4. The zero-order chi connectivity index (χ0) is 57.6. The molecule has 0 unspecified atom stereocenters. The molecule has 4 aliphatic heterocycles. The Labute approximate surface area is 477 Å². The lowest BCUT2D eigenvalue weighted by Gasteiger charge is -2.37. The molecule has 6 N–H and O–H groups in total. The molecule has 5 aliphatic rings. The van der Waals surface area contributed by atoms with Gasteiger partial charge in [-0.2, -0.15) is 0 Å². The number of ether oxygens (including phenoxy) is 1. The first-order valence-electron chi connectivity index (χ1n) is 28.8. The van der Waals surface area contributed by atoms with Crippen molar-refractivity contribution in [1.29, 1.82) is 0 Å². The molecule has 4 aromatic rings. The van der Waals surface area contributed by atoms with Crippen LogP contribution in [0.15, 0.2) is 54.2 Å². The number of urea groups is 1. The number of likely N-dealkylation sites (tertiary alicyclic amines) is 2. The Balaban J connectivity index is 0.703. The van der Waals surface area contributed by atoms with Crippen molar-refractivity contribution in [3.05, 3.63) is 76.7 Å². The number of hydrogen-bond acceptors (Lipinski definition) is 14. The number of amides is 7. The van der Waals surface area contributed by atoms with E-state index in [2.05, 4.69) is 43.0 Å². The van der Waals surface area contributed by atoms with Gasteiger partial charge in [0.15, 0.2) is 17.2 Å². The molecular formula is C59H79FN12O8S. The molecule has 436 valence electrons. The minimum Gasteiger partial charge on any atom is -0.493 e. The molecule has 6 heterocycles. The fraction of sp³-hybridized carbons (Fsp3) is 0.576. The molecule has 20 nitrogen and oxygen atoms in total. The summed E-state index contributed by atoms with van der Waals surface area (Å²) in [7, 11) is 1.82. The highest BCUT2D eigenvalue weighted by Gasteiger charge is 2.53. The van der Waals surface area contributed by atoms with Crippen LogP contribution in [0.1, 0.15) is 137 Å². The number of hydrogen-bond donors (Lipinski definition) is 5. The van der Waals surface area contributed by atoms with Crippen molar-refractivity contribution in [2.75, 3.05) is 69.7 Å². The van der Waals surface area contributed by atoms with E-state index in [1.165, 1.54) is 21.8 Å². The summed E-state index contributed by atoms with van der Waals surface area (Å²) >= 11 is 1.53. The third-order valence-corrected chi connectivity index (χ3v) is 17.5. The van der Waals surface area contributed by atoms with Crippen molar-refractivity contribution in [3.8, 4) is 16.2 Å². The number of nitrogens with zero attached hydrogens (tertiary/aromatic N) is 8. The Kier molecular flexibility index (Phi) is 18.5. The van der Waals surface area contributed by atoms with Crippen molar-refractivity contribution >= 4 is 64.2 Å². The number of carbonyl (C=O) groups is 6. The predicted octanol–water partition coefficient (Wildman–Crippen LogP) is 6.82. The molecule has 1 aliphatic carbocycles. The lowest BCUT2D eigenvalue weighted by atomic mass is 9.85. The summed E-state index contributed by atoms with van der Waals surface area (Å²) in [5.74, 6) is -0.510. The Morgan fingerprint density at radius 1 is 0.938 bits per heavy atom. The minimum absolute atomic E-state index is 0.0229. The number of aromatic nitrogens is 3. The van der Waals surface area contributed by atoms with Crippen molar-refractivity contribution < 1.29 is 43.0 Å². The van der Waals surface area contributed by atoms with Gasteiger partial charge in [0.1, 0.15) is 23.7 Å². The number of unbranched alkanes of at least 4 members (excludes halogenated alkanes) is 4. The standard InChI is InChI=1S/C59H79FN12O8S/c1-37-50(81-36-64-37)40-14-15-41(32-63-54(76)45-31-44(73)35-72(45)55(77)51(58(2,3)4)67-56(78)59(60)22-23-59)46(30-40)80-29-10-8-6-7-9-13-48(74)69-25-20-39(21-26-69)38-16-18-42(19-17-38)65-53-49(52(61)75)62-33-47(66-53)70-24-11-12-43(34-70)71-28-27-68(5)57(71)79/h14-19,30,33,36,39,43-45,51,73H,6-13,20-29,31-32,34-35H2,1-5H3,(H2,61,75)(H,63,76)(H,65,66)(H,67,78)/t43-,44-,45+,51-/m1/s1. The summed E-state index contributed by atoms with van der Waals surface area (Å²) in [6, 6.07) is 11.9. The maximum atomic E-state index is 14.7. The predicted molar refractivity (Wildman–Crippen MR) is 307 cm³/mol. The third kappa shape index (κ3) is 14.2. The highest BCUT2D eigenvalue weighted by Crippen LogP contribution is 2.41. The molecule has 1 saturated carbocycles. The van der Waals surface area contributed by atoms with Gasteiger partial charge < -0.3 is 56.0 Å². The minimum atomic E-state index is -1.98. The molecule has 22 heteroatoms. The second-order valence-corrected chi connectivity index (χ2v) is 24.5. The molecule has 9 rings (SSSR count). The van der Waals surface area contributed by atoms with Crippen molar-refractivity contribution in [3.63, 3.8) is 0 Å². The van der Waals surface area contributed by atoms with Crippen LogP contribution in [0.4, 0.5) is 26.5 Å². The summed E-state index contributed by atoms with van der Waals surface area (Å²) < 4.78 is 21.1. The number of alkyl halides is 1. The molecule has 2 aromatic carbocycles. The first kappa shape index (κ1) is 58.7. The average molecular weight is 1140 g/mol. The number of benzene rings is 2. The molecule has 7 amide bonds. The largest absolute Gasteiger partial charge is 0.493 e. The highest BCUT2D eigenvalue weighted by molar-refractivity contribution is 7.13. The van der Waals surface area contributed by atoms with E-state index >= 15 is 0 Å². The molecular weight excluding hydrogens is 1060 g/mol. The SMILES string of the molecule is Cc1ncsc1-c1ccc(CNC(=O)[C@@H]2C[C@@H](O)CN2C(=O)[C@@H](NC(=O)C2(F)CC2)C(C)(C)C)c(OCCCCCCCC(=O)N2CCC(c3ccc(Nc4nc(N5CCC[C@@H](N6CCN(C)C6=O)C5)cnc4C(N)=O)cc3)CC2)c1. The summed E-state index contributed by atoms with van der Waals surface area (Å²) in [4.78, 5) is 103. The number of nitrogens with two attached hydrogens (primary N) is 1. The molecule has 4 atom stereocenters. The maximum absolute atomic E-state index is 14.7. The number of nitrogens with one attached hydrogen (secondary N) is 3. The number of piperidine rings is 2. The summed E-state index contributed by atoms with van der Waals surface area (Å²) in [5, 5.41) is 19.5. The maximum Gasteiger partial charge on any atom is 0.320 e. The van der Waals surface area contributed by atoms with Crippen molar-refractivity contribution in [2.24, 2.45) is 11.1 Å². The van der Waals surface area contributed by atoms with Crippen LogP contribution in [0.25, 0.3) is 10.4 Å². The van der Waals surface area contributed by atoms with E-state index < -0.39 is 52.9 Å². The lowest BCUT2D eigenvalue weighted by Crippen LogP contribution is -2.59. The van der Waals surface area contributed by atoms with Gasteiger partial charge >= 0.3 is 6.03 Å². The van der Waals surface area contributed by atoms with Gasteiger partial charge in [-0.25, -0.2) is 24.1 Å². The van der Waals surface area contributed by atoms with Gasteiger partial charge in [0.2, 0.25) is 17.7 Å². The summed E-state index contributed by atoms with van der Waals surface area (Å²) in [6.45, 7) is 11.9. The third-order valence-electron chi connectivity index (χ3n) is 16.6. The fourth-order valence-corrected chi connectivity index (χ4v) is 12.3. The summed E-state index contributed by atoms with van der Waals surface area (Å²) in [6.07, 6.45) is 9.29. The van der Waals surface area contributed by atoms with Gasteiger partial charge in [0.25, 0.3) is 11.8 Å². The van der Waals surface area contributed by atoms with Gasteiger partial charge in [-0.1, -0.05) is 64.3 Å². The number of anilines is 3. The number of carbonyl (C=O) groups excluding carboxylic acids is 6. The Hall–Kier alpha value is -6.94. The summed E-state index contributed by atoms with van der Waals surface area (Å²) in [5.41, 5.74) is 9.31. The van der Waals surface area contributed by atoms with E-state index in [9.17, 15) is 38.3 Å². The van der Waals surface area contributed by atoms with Crippen LogP contribution in [0, 0.1) is 12.3 Å². The smallest absolute Gasteiger partial charge is 0.320 e. The van der Waals surface area contributed by atoms with Gasteiger partial charge in [0, 0.05) is 83.5 Å². The molecule has 2 aromatic heterocycles. The van der Waals surface area contributed by atoms with Crippen molar-refractivity contribution in [2.45, 2.75) is 154 Å². The number of aryl methyl sites for hydroxylation is 1. The first-order valence-corrected chi connectivity index (χ1v) is 29.6. The second kappa shape index (κ2) is 25.5. The molecule has 81 heavy (non-hydrogen) atoms. The van der Waals surface area contributed by atoms with Gasteiger partial charge in [-0.15, -0.1) is 11.3 Å². The molecule has 4 saturated heterocycles. The number of rotatable bonds is 22. The molecule has 0 spiro atoms. The van der Waals surface area contributed by atoms with Gasteiger partial charge in [-0.3, -0.25) is 24.0 Å². The van der Waals surface area contributed by atoms with Crippen LogP contribution in [0.5, 0.6) is 5.75 Å². The lowest BCUT2D eigenvalue weighted by molar-refractivity contribution is -0.145. The second-order valence-electron chi connectivity index (χ2n) is 23.6. The number of aliphatic hydroxyl groups is 1. The molecule has 0 radical (unpaired) electrons. The van der Waals surface area contributed by atoms with Crippen LogP contribution in [0.3, 0.4) is 0 Å². The molecule has 5 fully saturated rings. The number of primary amides is 1. The first-order chi connectivity index (χ1) is 38.8. The van der Waals surface area contributed by atoms with E-state index in [4.69, 9.17) is 15.5 Å². The monoisotopic (exact) mass is 1130 g/mol. The zero-order valence-corrected chi connectivity index (χ0v) is 48.2. The van der Waals surface area contributed by atoms with E-state index in [1.54, 1.807) is 37.4 Å².